The standard InChI is InChI=1S/C13H19NO/c1-2-15-12-5-3-4-11(10-12)6-7-13(14)8-9-13/h3-5,10H,2,6-9,14H2,1H3. The first-order valence-electron chi connectivity index (χ1n) is 5.72. The van der Waals surface area contributed by atoms with Gasteiger partial charge in [-0.25, -0.2) is 0 Å². The van der Waals surface area contributed by atoms with Crippen LogP contribution in [0.5, 0.6) is 5.75 Å². The molecular weight excluding hydrogens is 186 g/mol. The molecule has 2 N–H and O–H groups in total. The van der Waals surface area contributed by atoms with Gasteiger partial charge < -0.3 is 10.5 Å². The fraction of sp³-hybridized carbons (Fsp3) is 0.538. The van der Waals surface area contributed by atoms with E-state index in [1.54, 1.807) is 0 Å². The van der Waals surface area contributed by atoms with Crippen molar-refractivity contribution in [1.29, 1.82) is 0 Å². The molecule has 2 rings (SSSR count). The van der Waals surface area contributed by atoms with Crippen LogP contribution in [0.15, 0.2) is 24.3 Å². The van der Waals surface area contributed by atoms with Crippen LogP contribution in [0.2, 0.25) is 0 Å². The van der Waals surface area contributed by atoms with Crippen molar-refractivity contribution >= 4 is 0 Å². The summed E-state index contributed by atoms with van der Waals surface area (Å²) in [6, 6.07) is 8.32. The van der Waals surface area contributed by atoms with Crippen molar-refractivity contribution in [1.82, 2.24) is 0 Å². The molecular formula is C13H19NO. The molecule has 0 amide bonds. The molecule has 1 fully saturated rings. The zero-order valence-electron chi connectivity index (χ0n) is 9.33. The summed E-state index contributed by atoms with van der Waals surface area (Å²) in [7, 11) is 0. The van der Waals surface area contributed by atoms with Crippen LogP contribution >= 0.6 is 0 Å². The molecule has 1 aliphatic carbocycles. The van der Waals surface area contributed by atoms with Gasteiger partial charge in [-0.15, -0.1) is 0 Å². The Morgan fingerprint density at radius 2 is 2.20 bits per heavy atom. The Morgan fingerprint density at radius 3 is 2.87 bits per heavy atom. The first kappa shape index (κ1) is 10.5. The lowest BCUT2D eigenvalue weighted by molar-refractivity contribution is 0.340. The largest absolute Gasteiger partial charge is 0.494 e. The second-order valence-corrected chi connectivity index (χ2v) is 4.44. The number of nitrogens with two attached hydrogens (primary N) is 1. The van der Waals surface area contributed by atoms with E-state index in [0.29, 0.717) is 0 Å². The Hall–Kier alpha value is -1.02. The third-order valence-corrected chi connectivity index (χ3v) is 3.01. The van der Waals surface area contributed by atoms with Gasteiger partial charge in [-0.3, -0.25) is 0 Å². The molecule has 0 radical (unpaired) electrons. The maximum Gasteiger partial charge on any atom is 0.119 e. The maximum absolute atomic E-state index is 6.06. The van der Waals surface area contributed by atoms with Crippen LogP contribution in [0.4, 0.5) is 0 Å². The zero-order chi connectivity index (χ0) is 10.7. The minimum atomic E-state index is 0.154. The number of aryl methyl sites for hydroxylation is 1. The molecule has 1 aromatic rings. The number of benzene rings is 1. The Morgan fingerprint density at radius 1 is 1.40 bits per heavy atom. The van der Waals surface area contributed by atoms with Gasteiger partial charge in [0.25, 0.3) is 0 Å². The number of rotatable bonds is 5. The molecule has 2 heteroatoms. The highest BCUT2D eigenvalue weighted by molar-refractivity contribution is 5.29. The SMILES string of the molecule is CCOc1cccc(CCC2(N)CC2)c1. The highest BCUT2D eigenvalue weighted by atomic mass is 16.5. The second-order valence-electron chi connectivity index (χ2n) is 4.44. The molecule has 1 aromatic carbocycles. The fourth-order valence-corrected chi connectivity index (χ4v) is 1.76. The summed E-state index contributed by atoms with van der Waals surface area (Å²) in [5, 5.41) is 0. The summed E-state index contributed by atoms with van der Waals surface area (Å²) in [5.41, 5.74) is 7.55. The minimum Gasteiger partial charge on any atom is -0.494 e. The predicted molar refractivity (Wildman–Crippen MR) is 62.1 cm³/mol. The quantitative estimate of drug-likeness (QED) is 0.801. The van der Waals surface area contributed by atoms with Crippen LogP contribution in [0.1, 0.15) is 31.7 Å². The van der Waals surface area contributed by atoms with E-state index in [-0.39, 0.29) is 5.54 Å². The summed E-state index contributed by atoms with van der Waals surface area (Å²) in [6.07, 6.45) is 4.55. The first-order chi connectivity index (χ1) is 7.22. The Labute approximate surface area is 91.4 Å². The van der Waals surface area contributed by atoms with Gasteiger partial charge in [0.2, 0.25) is 0 Å². The van der Waals surface area contributed by atoms with Crippen LogP contribution in [0, 0.1) is 0 Å². The second kappa shape index (κ2) is 4.23. The molecule has 1 saturated carbocycles. The van der Waals surface area contributed by atoms with Gasteiger partial charge in [-0.1, -0.05) is 12.1 Å². The third kappa shape index (κ3) is 2.96. The third-order valence-electron chi connectivity index (χ3n) is 3.01. The molecule has 15 heavy (non-hydrogen) atoms. The topological polar surface area (TPSA) is 35.2 Å². The number of hydrogen-bond donors (Lipinski definition) is 1. The minimum absolute atomic E-state index is 0.154. The average molecular weight is 205 g/mol. The average Bonchev–Trinajstić information content (AvgIpc) is 2.96. The summed E-state index contributed by atoms with van der Waals surface area (Å²) in [5.74, 6) is 0.969. The van der Waals surface area contributed by atoms with Crippen LogP contribution < -0.4 is 10.5 Å². The molecule has 82 valence electrons. The normalized spacial score (nSPS) is 17.5. The molecule has 0 atom stereocenters. The van der Waals surface area contributed by atoms with Gasteiger partial charge >= 0.3 is 0 Å². The molecule has 0 spiro atoms. The molecule has 0 aliphatic heterocycles. The van der Waals surface area contributed by atoms with Gasteiger partial charge in [0.1, 0.15) is 5.75 Å². The lowest BCUT2D eigenvalue weighted by atomic mass is 10.0. The van der Waals surface area contributed by atoms with Gasteiger partial charge in [0.05, 0.1) is 6.61 Å². The van der Waals surface area contributed by atoms with E-state index in [1.807, 2.05) is 13.0 Å². The van der Waals surface area contributed by atoms with Crippen LogP contribution in [-0.4, -0.2) is 12.1 Å². The van der Waals surface area contributed by atoms with Crippen molar-refractivity contribution in [3.8, 4) is 5.75 Å². The van der Waals surface area contributed by atoms with Crippen molar-refractivity contribution in [2.75, 3.05) is 6.61 Å². The van der Waals surface area contributed by atoms with Crippen LogP contribution in [-0.2, 0) is 6.42 Å². The highest BCUT2D eigenvalue weighted by Gasteiger charge is 2.37. The molecule has 0 unspecified atom stereocenters. The van der Waals surface area contributed by atoms with E-state index in [0.717, 1.165) is 25.2 Å². The van der Waals surface area contributed by atoms with Gasteiger partial charge in [-0.2, -0.15) is 0 Å². The summed E-state index contributed by atoms with van der Waals surface area (Å²) < 4.78 is 5.46. The van der Waals surface area contributed by atoms with Gasteiger partial charge in [0, 0.05) is 5.54 Å². The van der Waals surface area contributed by atoms with Crippen molar-refractivity contribution in [3.63, 3.8) is 0 Å². The van der Waals surface area contributed by atoms with Crippen molar-refractivity contribution in [2.45, 2.75) is 38.1 Å². The van der Waals surface area contributed by atoms with E-state index in [9.17, 15) is 0 Å². The monoisotopic (exact) mass is 205 g/mol. The smallest absolute Gasteiger partial charge is 0.119 e. The first-order valence-corrected chi connectivity index (χ1v) is 5.72. The van der Waals surface area contributed by atoms with E-state index < -0.39 is 0 Å². The summed E-state index contributed by atoms with van der Waals surface area (Å²) in [6.45, 7) is 2.73. The van der Waals surface area contributed by atoms with Gasteiger partial charge in [-0.05, 0) is 50.3 Å². The van der Waals surface area contributed by atoms with Gasteiger partial charge in [0.15, 0.2) is 0 Å². The van der Waals surface area contributed by atoms with Crippen LogP contribution in [0.25, 0.3) is 0 Å². The van der Waals surface area contributed by atoms with E-state index in [1.165, 1.54) is 18.4 Å². The lowest BCUT2D eigenvalue weighted by Crippen LogP contribution is -2.22. The Kier molecular flexibility index (Phi) is 2.96. The molecule has 2 nitrogen and oxygen atoms in total. The highest BCUT2D eigenvalue weighted by Crippen LogP contribution is 2.36. The molecule has 0 bridgehead atoms. The maximum atomic E-state index is 6.06. The fourth-order valence-electron chi connectivity index (χ4n) is 1.76. The Balaban J connectivity index is 1.92. The van der Waals surface area contributed by atoms with Crippen molar-refractivity contribution in [2.24, 2.45) is 5.73 Å². The number of hydrogen-bond acceptors (Lipinski definition) is 2. The lowest BCUT2D eigenvalue weighted by Gasteiger charge is -2.09. The van der Waals surface area contributed by atoms with Crippen LogP contribution in [0.3, 0.4) is 0 Å². The van der Waals surface area contributed by atoms with E-state index in [2.05, 4.69) is 18.2 Å². The Bertz CT molecular complexity index is 331. The van der Waals surface area contributed by atoms with Crippen molar-refractivity contribution < 1.29 is 4.74 Å². The predicted octanol–water partition coefficient (Wildman–Crippen LogP) is 2.51. The molecule has 1 aliphatic rings. The molecule has 0 saturated heterocycles. The van der Waals surface area contributed by atoms with E-state index in [4.69, 9.17) is 10.5 Å². The van der Waals surface area contributed by atoms with Crippen molar-refractivity contribution in [3.05, 3.63) is 29.8 Å². The molecule has 0 heterocycles. The van der Waals surface area contributed by atoms with E-state index >= 15 is 0 Å². The molecule has 0 aromatic heterocycles. The zero-order valence-corrected chi connectivity index (χ0v) is 9.33. The number of ether oxygens (including phenoxy) is 1. The summed E-state index contributed by atoms with van der Waals surface area (Å²) in [4.78, 5) is 0. The summed E-state index contributed by atoms with van der Waals surface area (Å²) >= 11 is 0.